The van der Waals surface area contributed by atoms with Crippen molar-refractivity contribution in [1.29, 1.82) is 0 Å². The monoisotopic (exact) mass is 383 g/mol. The number of nitrogens with zero attached hydrogens (tertiary/aromatic N) is 3. The predicted molar refractivity (Wildman–Crippen MR) is 110 cm³/mol. The van der Waals surface area contributed by atoms with E-state index in [0.29, 0.717) is 5.28 Å². The molecule has 134 valence electrons. The maximum Gasteiger partial charge on any atom is 0.225 e. The number of anilines is 1. The van der Waals surface area contributed by atoms with Crippen LogP contribution in [0, 0.1) is 5.92 Å². The van der Waals surface area contributed by atoms with Gasteiger partial charge in [0, 0.05) is 18.0 Å². The van der Waals surface area contributed by atoms with Gasteiger partial charge in [0.05, 0.1) is 5.39 Å². The third-order valence-electron chi connectivity index (χ3n) is 5.80. The summed E-state index contributed by atoms with van der Waals surface area (Å²) in [4.78, 5) is 14.2. The molecule has 5 rings (SSSR count). The first-order valence-electron chi connectivity index (χ1n) is 9.54. The zero-order chi connectivity index (χ0) is 17.5. The fourth-order valence-electron chi connectivity index (χ4n) is 4.48. The SMILES string of the molecule is Clc1nc(N2CCC(Cc3ccccc3)CC2)c2c3c(sc2n1)CCC3. The molecule has 3 nitrogen and oxygen atoms in total. The van der Waals surface area contributed by atoms with E-state index in [2.05, 4.69) is 45.2 Å². The molecular weight excluding hydrogens is 362 g/mol. The van der Waals surface area contributed by atoms with Crippen LogP contribution in [0.15, 0.2) is 30.3 Å². The lowest BCUT2D eigenvalue weighted by molar-refractivity contribution is 0.402. The van der Waals surface area contributed by atoms with Gasteiger partial charge in [-0.05, 0) is 67.2 Å². The Morgan fingerprint density at radius 2 is 1.88 bits per heavy atom. The third-order valence-corrected chi connectivity index (χ3v) is 7.15. The Labute approximate surface area is 163 Å². The smallest absolute Gasteiger partial charge is 0.225 e. The van der Waals surface area contributed by atoms with Gasteiger partial charge >= 0.3 is 0 Å². The summed E-state index contributed by atoms with van der Waals surface area (Å²) in [6.07, 6.45) is 7.22. The lowest BCUT2D eigenvalue weighted by Gasteiger charge is -2.33. The quantitative estimate of drug-likeness (QED) is 0.575. The van der Waals surface area contributed by atoms with Crippen LogP contribution in [0.25, 0.3) is 10.2 Å². The summed E-state index contributed by atoms with van der Waals surface area (Å²) in [5.41, 5.74) is 2.94. The van der Waals surface area contributed by atoms with Crippen molar-refractivity contribution in [3.05, 3.63) is 51.6 Å². The molecule has 3 heterocycles. The van der Waals surface area contributed by atoms with Crippen LogP contribution in [0.3, 0.4) is 0 Å². The number of fused-ring (bicyclic) bond motifs is 3. The molecule has 0 spiro atoms. The molecule has 0 amide bonds. The Hall–Kier alpha value is -1.65. The van der Waals surface area contributed by atoms with Crippen molar-refractivity contribution in [1.82, 2.24) is 9.97 Å². The molecule has 26 heavy (non-hydrogen) atoms. The summed E-state index contributed by atoms with van der Waals surface area (Å²) < 4.78 is 0. The lowest BCUT2D eigenvalue weighted by atomic mass is 9.90. The van der Waals surface area contributed by atoms with E-state index in [9.17, 15) is 0 Å². The second-order valence-corrected chi connectivity index (χ2v) is 8.90. The number of aromatic nitrogens is 2. The van der Waals surface area contributed by atoms with Crippen LogP contribution >= 0.6 is 22.9 Å². The average molecular weight is 384 g/mol. The average Bonchev–Trinajstić information content (AvgIpc) is 3.23. The molecule has 0 atom stereocenters. The molecule has 1 aromatic carbocycles. The van der Waals surface area contributed by atoms with E-state index in [-0.39, 0.29) is 0 Å². The number of piperidine rings is 1. The minimum atomic E-state index is 0.388. The van der Waals surface area contributed by atoms with Crippen molar-refractivity contribution in [2.45, 2.75) is 38.5 Å². The molecule has 1 aliphatic heterocycles. The summed E-state index contributed by atoms with van der Waals surface area (Å²) in [7, 11) is 0. The predicted octanol–water partition coefficient (Wildman–Crippen LogP) is 5.29. The molecule has 0 radical (unpaired) electrons. The molecule has 0 unspecified atom stereocenters. The Morgan fingerprint density at radius 1 is 1.08 bits per heavy atom. The van der Waals surface area contributed by atoms with E-state index >= 15 is 0 Å². The molecule has 3 aromatic rings. The molecule has 2 aromatic heterocycles. The molecule has 1 saturated heterocycles. The zero-order valence-electron chi connectivity index (χ0n) is 14.7. The maximum absolute atomic E-state index is 6.26. The van der Waals surface area contributed by atoms with Crippen molar-refractivity contribution in [2.75, 3.05) is 18.0 Å². The summed E-state index contributed by atoms with van der Waals surface area (Å²) in [5, 5.41) is 1.67. The first-order chi connectivity index (χ1) is 12.8. The molecule has 0 saturated carbocycles. The lowest BCUT2D eigenvalue weighted by Crippen LogP contribution is -2.35. The van der Waals surface area contributed by atoms with Gasteiger partial charge in [-0.1, -0.05) is 30.3 Å². The number of aryl methyl sites for hydroxylation is 2. The van der Waals surface area contributed by atoms with Crippen LogP contribution in [0.1, 0.15) is 35.3 Å². The number of halogens is 1. The molecular formula is C21H22ClN3S. The van der Waals surface area contributed by atoms with Crippen LogP contribution in [0.5, 0.6) is 0 Å². The standard InChI is InChI=1S/C21H22ClN3S/c22-21-23-19(18-16-7-4-8-17(16)26-20(18)24-21)25-11-9-15(10-12-25)13-14-5-2-1-3-6-14/h1-3,5-6,15H,4,7-13H2. The summed E-state index contributed by atoms with van der Waals surface area (Å²) in [6, 6.07) is 10.9. The fourth-order valence-corrected chi connectivity index (χ4v) is 5.95. The topological polar surface area (TPSA) is 29.0 Å². The van der Waals surface area contributed by atoms with Crippen molar-refractivity contribution in [3.63, 3.8) is 0 Å². The molecule has 2 aliphatic rings. The van der Waals surface area contributed by atoms with Gasteiger partial charge in [0.2, 0.25) is 5.28 Å². The van der Waals surface area contributed by atoms with Gasteiger partial charge in [0.25, 0.3) is 0 Å². The Kier molecular flexibility index (Phi) is 4.33. The van der Waals surface area contributed by atoms with E-state index in [1.807, 2.05) is 11.3 Å². The van der Waals surface area contributed by atoms with Crippen molar-refractivity contribution >= 4 is 39.0 Å². The molecule has 0 bridgehead atoms. The van der Waals surface area contributed by atoms with Gasteiger partial charge in [-0.15, -0.1) is 11.3 Å². The Bertz CT molecular complexity index is 929. The first kappa shape index (κ1) is 16.5. The minimum absolute atomic E-state index is 0.388. The number of rotatable bonds is 3. The highest BCUT2D eigenvalue weighted by Gasteiger charge is 2.27. The molecule has 1 fully saturated rings. The number of benzene rings is 1. The van der Waals surface area contributed by atoms with E-state index < -0.39 is 0 Å². The highest BCUT2D eigenvalue weighted by molar-refractivity contribution is 7.19. The van der Waals surface area contributed by atoms with Gasteiger partial charge < -0.3 is 4.90 Å². The largest absolute Gasteiger partial charge is 0.356 e. The normalized spacial score (nSPS) is 17.8. The summed E-state index contributed by atoms with van der Waals surface area (Å²) in [5.74, 6) is 1.84. The van der Waals surface area contributed by atoms with Crippen molar-refractivity contribution < 1.29 is 0 Å². The summed E-state index contributed by atoms with van der Waals surface area (Å²) in [6.45, 7) is 2.12. The van der Waals surface area contributed by atoms with Crippen molar-refractivity contribution in [3.8, 4) is 0 Å². The number of thiophene rings is 1. The zero-order valence-corrected chi connectivity index (χ0v) is 16.3. The van der Waals surface area contributed by atoms with Gasteiger partial charge in [0.1, 0.15) is 10.6 Å². The molecule has 5 heteroatoms. The number of hydrogen-bond acceptors (Lipinski definition) is 4. The van der Waals surface area contributed by atoms with Gasteiger partial charge in [-0.2, -0.15) is 4.98 Å². The van der Waals surface area contributed by atoms with Crippen LogP contribution in [0.4, 0.5) is 5.82 Å². The third kappa shape index (κ3) is 2.99. The second-order valence-electron chi connectivity index (χ2n) is 7.47. The number of hydrogen-bond donors (Lipinski definition) is 0. The van der Waals surface area contributed by atoms with E-state index in [1.165, 1.54) is 53.5 Å². The minimum Gasteiger partial charge on any atom is -0.356 e. The van der Waals surface area contributed by atoms with Gasteiger partial charge in [-0.25, -0.2) is 4.98 Å². The highest BCUT2D eigenvalue weighted by atomic mass is 35.5. The fraction of sp³-hybridized carbons (Fsp3) is 0.429. The van der Waals surface area contributed by atoms with Crippen LogP contribution in [-0.4, -0.2) is 23.1 Å². The van der Waals surface area contributed by atoms with Gasteiger partial charge in [0.15, 0.2) is 0 Å². The highest BCUT2D eigenvalue weighted by Crippen LogP contribution is 2.41. The van der Waals surface area contributed by atoms with Crippen LogP contribution < -0.4 is 4.90 Å². The molecule has 1 aliphatic carbocycles. The van der Waals surface area contributed by atoms with E-state index in [0.717, 1.165) is 36.1 Å². The van der Waals surface area contributed by atoms with E-state index in [4.69, 9.17) is 11.6 Å². The Balaban J connectivity index is 1.38. The second kappa shape index (κ2) is 6.82. The molecule has 0 N–H and O–H groups in total. The van der Waals surface area contributed by atoms with Crippen LogP contribution in [0.2, 0.25) is 5.28 Å². The summed E-state index contributed by atoms with van der Waals surface area (Å²) >= 11 is 8.08. The maximum atomic E-state index is 6.26. The van der Waals surface area contributed by atoms with Crippen LogP contribution in [-0.2, 0) is 19.3 Å². The van der Waals surface area contributed by atoms with E-state index in [1.54, 1.807) is 0 Å². The van der Waals surface area contributed by atoms with Crippen molar-refractivity contribution in [2.24, 2.45) is 5.92 Å². The Morgan fingerprint density at radius 3 is 2.69 bits per heavy atom. The van der Waals surface area contributed by atoms with Gasteiger partial charge in [-0.3, -0.25) is 0 Å². The first-order valence-corrected chi connectivity index (χ1v) is 10.7.